The largest absolute Gasteiger partial charge is 0.375 e. The van der Waals surface area contributed by atoms with Crippen molar-refractivity contribution in [3.8, 4) is 0 Å². The van der Waals surface area contributed by atoms with Crippen molar-refractivity contribution in [3.63, 3.8) is 0 Å². The van der Waals surface area contributed by atoms with Gasteiger partial charge in [0, 0.05) is 18.8 Å². The SMILES string of the molecule is CCCCN1CCC/C1=C\CCN. The van der Waals surface area contributed by atoms with Crippen molar-refractivity contribution in [2.24, 2.45) is 5.73 Å². The molecule has 1 heterocycles. The lowest BCUT2D eigenvalue weighted by molar-refractivity contribution is 0.382. The Morgan fingerprint density at radius 2 is 2.38 bits per heavy atom. The van der Waals surface area contributed by atoms with E-state index in [1.54, 1.807) is 5.70 Å². The van der Waals surface area contributed by atoms with Crippen LogP contribution in [0.3, 0.4) is 0 Å². The van der Waals surface area contributed by atoms with E-state index in [1.165, 1.54) is 38.8 Å². The normalized spacial score (nSPS) is 20.2. The van der Waals surface area contributed by atoms with Crippen molar-refractivity contribution >= 4 is 0 Å². The Balaban J connectivity index is 2.34. The van der Waals surface area contributed by atoms with Crippen LogP contribution in [0.15, 0.2) is 11.8 Å². The monoisotopic (exact) mass is 182 g/mol. The van der Waals surface area contributed by atoms with Gasteiger partial charge in [-0.1, -0.05) is 19.4 Å². The Bertz CT molecular complexity index is 163. The zero-order chi connectivity index (χ0) is 9.52. The first-order chi connectivity index (χ1) is 6.38. The van der Waals surface area contributed by atoms with Gasteiger partial charge in [0.2, 0.25) is 0 Å². The zero-order valence-electron chi connectivity index (χ0n) is 8.76. The van der Waals surface area contributed by atoms with Gasteiger partial charge in [-0.25, -0.2) is 0 Å². The van der Waals surface area contributed by atoms with Crippen LogP contribution >= 0.6 is 0 Å². The molecule has 2 heteroatoms. The van der Waals surface area contributed by atoms with E-state index in [0.717, 1.165) is 13.0 Å². The lowest BCUT2D eigenvalue weighted by atomic mass is 10.2. The summed E-state index contributed by atoms with van der Waals surface area (Å²) in [6.07, 6.45) is 8.57. The quantitative estimate of drug-likeness (QED) is 0.705. The summed E-state index contributed by atoms with van der Waals surface area (Å²) in [5.74, 6) is 0. The smallest absolute Gasteiger partial charge is 0.0178 e. The Hall–Kier alpha value is -0.500. The number of nitrogens with zero attached hydrogens (tertiary/aromatic N) is 1. The van der Waals surface area contributed by atoms with Gasteiger partial charge in [0.05, 0.1) is 0 Å². The molecule has 13 heavy (non-hydrogen) atoms. The molecule has 1 rings (SSSR count). The first-order valence-electron chi connectivity index (χ1n) is 5.52. The third-order valence-corrected chi connectivity index (χ3v) is 2.60. The van der Waals surface area contributed by atoms with Crippen LogP contribution in [-0.4, -0.2) is 24.5 Å². The molecule has 0 bridgehead atoms. The van der Waals surface area contributed by atoms with Crippen molar-refractivity contribution in [1.82, 2.24) is 4.90 Å². The van der Waals surface area contributed by atoms with Gasteiger partial charge in [0.15, 0.2) is 0 Å². The van der Waals surface area contributed by atoms with E-state index in [-0.39, 0.29) is 0 Å². The molecule has 1 aliphatic heterocycles. The van der Waals surface area contributed by atoms with Gasteiger partial charge in [-0.2, -0.15) is 0 Å². The molecule has 0 aromatic rings. The van der Waals surface area contributed by atoms with Crippen LogP contribution in [0.25, 0.3) is 0 Å². The molecule has 0 aromatic carbocycles. The Labute approximate surface area is 81.8 Å². The molecular formula is C11H22N2. The number of likely N-dealkylation sites (tertiary alicyclic amines) is 1. The fourth-order valence-corrected chi connectivity index (χ4v) is 1.84. The van der Waals surface area contributed by atoms with Crippen LogP contribution in [0.5, 0.6) is 0 Å². The average Bonchev–Trinajstić information content (AvgIpc) is 2.59. The fraction of sp³-hybridized carbons (Fsp3) is 0.818. The molecule has 2 N–H and O–H groups in total. The van der Waals surface area contributed by atoms with E-state index in [1.807, 2.05) is 0 Å². The topological polar surface area (TPSA) is 29.3 Å². The first-order valence-corrected chi connectivity index (χ1v) is 5.52. The second kappa shape index (κ2) is 6.03. The van der Waals surface area contributed by atoms with Crippen molar-refractivity contribution in [3.05, 3.63) is 11.8 Å². The minimum absolute atomic E-state index is 0.783. The molecule has 0 spiro atoms. The van der Waals surface area contributed by atoms with Crippen LogP contribution in [0.2, 0.25) is 0 Å². The highest BCUT2D eigenvalue weighted by Gasteiger charge is 2.14. The molecule has 0 saturated carbocycles. The minimum atomic E-state index is 0.783. The lowest BCUT2D eigenvalue weighted by Crippen LogP contribution is -2.19. The zero-order valence-corrected chi connectivity index (χ0v) is 8.76. The second-order valence-electron chi connectivity index (χ2n) is 3.72. The fourth-order valence-electron chi connectivity index (χ4n) is 1.84. The third kappa shape index (κ3) is 3.39. The summed E-state index contributed by atoms with van der Waals surface area (Å²) in [7, 11) is 0. The second-order valence-corrected chi connectivity index (χ2v) is 3.72. The Morgan fingerprint density at radius 1 is 1.54 bits per heavy atom. The van der Waals surface area contributed by atoms with Crippen LogP contribution in [0, 0.1) is 0 Å². The van der Waals surface area contributed by atoms with Crippen LogP contribution < -0.4 is 5.73 Å². The van der Waals surface area contributed by atoms with E-state index in [0.29, 0.717) is 0 Å². The van der Waals surface area contributed by atoms with Gasteiger partial charge >= 0.3 is 0 Å². The van der Waals surface area contributed by atoms with Gasteiger partial charge in [0.1, 0.15) is 0 Å². The third-order valence-electron chi connectivity index (χ3n) is 2.60. The summed E-state index contributed by atoms with van der Waals surface area (Å²) < 4.78 is 0. The molecule has 1 fully saturated rings. The van der Waals surface area contributed by atoms with E-state index in [4.69, 9.17) is 5.73 Å². The predicted molar refractivity (Wildman–Crippen MR) is 57.5 cm³/mol. The summed E-state index contributed by atoms with van der Waals surface area (Å²) in [6, 6.07) is 0. The standard InChI is InChI=1S/C11H22N2/c1-2-3-9-13-10-5-7-11(13)6-4-8-12/h6H,2-5,7-10,12H2,1H3/b11-6+. The van der Waals surface area contributed by atoms with Gasteiger partial charge in [-0.3, -0.25) is 0 Å². The van der Waals surface area contributed by atoms with E-state index in [9.17, 15) is 0 Å². The summed E-state index contributed by atoms with van der Waals surface area (Å²) in [4.78, 5) is 2.53. The van der Waals surface area contributed by atoms with Gasteiger partial charge in [0.25, 0.3) is 0 Å². The number of hydrogen-bond donors (Lipinski definition) is 1. The van der Waals surface area contributed by atoms with Crippen molar-refractivity contribution in [2.75, 3.05) is 19.6 Å². The minimum Gasteiger partial charge on any atom is -0.375 e. The highest BCUT2D eigenvalue weighted by Crippen LogP contribution is 2.21. The predicted octanol–water partition coefficient (Wildman–Crippen LogP) is 2.12. The number of unbranched alkanes of at least 4 members (excludes halogenated alkanes) is 1. The molecule has 0 radical (unpaired) electrons. The van der Waals surface area contributed by atoms with Crippen molar-refractivity contribution in [2.45, 2.75) is 39.0 Å². The Kier molecular flexibility index (Phi) is 4.91. The summed E-state index contributed by atoms with van der Waals surface area (Å²) >= 11 is 0. The molecule has 0 atom stereocenters. The molecule has 2 nitrogen and oxygen atoms in total. The van der Waals surface area contributed by atoms with Gasteiger partial charge < -0.3 is 10.6 Å². The Morgan fingerprint density at radius 3 is 3.08 bits per heavy atom. The van der Waals surface area contributed by atoms with E-state index in [2.05, 4.69) is 17.9 Å². The molecular weight excluding hydrogens is 160 g/mol. The number of hydrogen-bond acceptors (Lipinski definition) is 2. The highest BCUT2D eigenvalue weighted by atomic mass is 15.1. The molecule has 1 saturated heterocycles. The molecule has 0 amide bonds. The number of nitrogens with two attached hydrogens (primary N) is 1. The maximum absolute atomic E-state index is 5.49. The maximum Gasteiger partial charge on any atom is 0.0178 e. The summed E-state index contributed by atoms with van der Waals surface area (Å²) in [6.45, 7) is 5.54. The average molecular weight is 182 g/mol. The van der Waals surface area contributed by atoms with Gasteiger partial charge in [-0.15, -0.1) is 0 Å². The highest BCUT2D eigenvalue weighted by molar-refractivity contribution is 5.05. The van der Waals surface area contributed by atoms with Crippen LogP contribution in [-0.2, 0) is 0 Å². The molecule has 76 valence electrons. The van der Waals surface area contributed by atoms with E-state index >= 15 is 0 Å². The van der Waals surface area contributed by atoms with Crippen LogP contribution in [0.4, 0.5) is 0 Å². The summed E-state index contributed by atoms with van der Waals surface area (Å²) in [5.41, 5.74) is 7.03. The lowest BCUT2D eigenvalue weighted by Gasteiger charge is -2.19. The molecule has 0 aromatic heterocycles. The van der Waals surface area contributed by atoms with Gasteiger partial charge in [-0.05, 0) is 32.2 Å². The van der Waals surface area contributed by atoms with Crippen molar-refractivity contribution < 1.29 is 0 Å². The number of rotatable bonds is 5. The number of allylic oxidation sites excluding steroid dienone is 1. The molecule has 1 aliphatic rings. The maximum atomic E-state index is 5.49. The van der Waals surface area contributed by atoms with E-state index < -0.39 is 0 Å². The summed E-state index contributed by atoms with van der Waals surface area (Å²) in [5, 5.41) is 0. The van der Waals surface area contributed by atoms with Crippen LogP contribution in [0.1, 0.15) is 39.0 Å². The molecule has 0 unspecified atom stereocenters. The molecule has 0 aliphatic carbocycles. The first kappa shape index (κ1) is 10.6. The van der Waals surface area contributed by atoms with Crippen molar-refractivity contribution in [1.29, 1.82) is 0 Å².